The summed E-state index contributed by atoms with van der Waals surface area (Å²) in [5.74, 6) is 0.630. The van der Waals surface area contributed by atoms with Crippen molar-refractivity contribution in [2.75, 3.05) is 38.2 Å². The second-order valence-electron chi connectivity index (χ2n) is 4.83. The molecule has 1 aromatic rings. The molecule has 0 bridgehead atoms. The second-order valence-corrected chi connectivity index (χ2v) is 4.83. The van der Waals surface area contributed by atoms with Gasteiger partial charge in [-0.15, -0.1) is 0 Å². The molecule has 0 aromatic heterocycles. The van der Waals surface area contributed by atoms with Crippen LogP contribution in [-0.4, -0.2) is 49.2 Å². The number of fused-ring (bicyclic) bond motifs is 3. The summed E-state index contributed by atoms with van der Waals surface area (Å²) in [6.45, 7) is 3.51. The van der Waals surface area contributed by atoms with Gasteiger partial charge in [-0.05, 0) is 13.1 Å². The summed E-state index contributed by atoms with van der Waals surface area (Å²) in [6.07, 6.45) is 0. The fourth-order valence-corrected chi connectivity index (χ4v) is 2.63. The standard InChI is InChI=1S/C12H15N3O3/c1-13-4-5-14-10(7-13)8-18-12-6-9(15(16)17)2-3-11(12)14/h2-3,6,10H,4-5,7-8H2,1H3/t10-/m1/s1. The smallest absolute Gasteiger partial charge is 0.273 e. The van der Waals surface area contributed by atoms with E-state index in [-0.39, 0.29) is 10.6 Å². The minimum atomic E-state index is -0.389. The Balaban J connectivity index is 1.93. The highest BCUT2D eigenvalue weighted by molar-refractivity contribution is 5.64. The molecular weight excluding hydrogens is 234 g/mol. The minimum absolute atomic E-state index is 0.0846. The molecule has 1 atom stereocenters. The first kappa shape index (κ1) is 11.3. The Labute approximate surface area is 105 Å². The number of benzene rings is 1. The summed E-state index contributed by atoms with van der Waals surface area (Å²) < 4.78 is 5.66. The van der Waals surface area contributed by atoms with E-state index in [1.807, 2.05) is 0 Å². The van der Waals surface area contributed by atoms with Crippen LogP contribution in [0.4, 0.5) is 11.4 Å². The molecule has 0 aliphatic carbocycles. The molecule has 3 rings (SSSR count). The first-order valence-electron chi connectivity index (χ1n) is 6.01. The normalized spacial score (nSPS) is 22.9. The largest absolute Gasteiger partial charge is 0.489 e. The molecule has 1 aromatic carbocycles. The summed E-state index contributed by atoms with van der Waals surface area (Å²) in [7, 11) is 2.10. The molecule has 0 saturated carbocycles. The number of ether oxygens (including phenoxy) is 1. The molecule has 0 amide bonds. The molecule has 6 nitrogen and oxygen atoms in total. The first-order valence-corrected chi connectivity index (χ1v) is 6.01. The minimum Gasteiger partial charge on any atom is -0.489 e. The molecule has 2 aliphatic rings. The summed E-state index contributed by atoms with van der Waals surface area (Å²) in [5.41, 5.74) is 1.06. The van der Waals surface area contributed by atoms with Gasteiger partial charge in [0.1, 0.15) is 12.4 Å². The molecule has 1 saturated heterocycles. The lowest BCUT2D eigenvalue weighted by atomic mass is 10.1. The third kappa shape index (κ3) is 1.78. The lowest BCUT2D eigenvalue weighted by molar-refractivity contribution is -0.384. The van der Waals surface area contributed by atoms with Crippen LogP contribution < -0.4 is 9.64 Å². The van der Waals surface area contributed by atoms with Crippen LogP contribution in [-0.2, 0) is 0 Å². The molecule has 0 unspecified atom stereocenters. The molecule has 6 heteroatoms. The number of anilines is 1. The molecule has 18 heavy (non-hydrogen) atoms. The zero-order chi connectivity index (χ0) is 12.7. The number of hydrogen-bond donors (Lipinski definition) is 0. The van der Waals surface area contributed by atoms with Crippen molar-refractivity contribution in [1.82, 2.24) is 4.90 Å². The quantitative estimate of drug-likeness (QED) is 0.551. The number of nitrogens with zero attached hydrogens (tertiary/aromatic N) is 3. The molecule has 1 fully saturated rings. The Kier molecular flexibility index (Phi) is 2.59. The number of likely N-dealkylation sites (N-methyl/N-ethyl adjacent to an activating group) is 1. The zero-order valence-corrected chi connectivity index (χ0v) is 10.2. The van der Waals surface area contributed by atoms with E-state index in [9.17, 15) is 10.1 Å². The fraction of sp³-hybridized carbons (Fsp3) is 0.500. The first-order chi connectivity index (χ1) is 8.65. The van der Waals surface area contributed by atoms with Crippen molar-refractivity contribution in [3.05, 3.63) is 28.3 Å². The van der Waals surface area contributed by atoms with Crippen LogP contribution in [0, 0.1) is 10.1 Å². The molecule has 2 aliphatic heterocycles. The molecule has 0 spiro atoms. The Bertz CT molecular complexity index is 491. The van der Waals surface area contributed by atoms with Gasteiger partial charge < -0.3 is 14.5 Å². The molecular formula is C12H15N3O3. The second kappa shape index (κ2) is 4.13. The van der Waals surface area contributed by atoms with Gasteiger partial charge in [0, 0.05) is 25.7 Å². The van der Waals surface area contributed by atoms with E-state index >= 15 is 0 Å². The van der Waals surface area contributed by atoms with Crippen molar-refractivity contribution in [3.63, 3.8) is 0 Å². The number of nitro groups is 1. The topological polar surface area (TPSA) is 58.9 Å². The van der Waals surface area contributed by atoms with Gasteiger partial charge in [0.2, 0.25) is 0 Å². The van der Waals surface area contributed by atoms with E-state index in [4.69, 9.17) is 4.74 Å². The summed E-state index contributed by atoms with van der Waals surface area (Å²) in [6, 6.07) is 5.20. The average Bonchev–Trinajstić information content (AvgIpc) is 2.37. The van der Waals surface area contributed by atoms with E-state index in [1.54, 1.807) is 12.1 Å². The van der Waals surface area contributed by atoms with Crippen LogP contribution in [0.3, 0.4) is 0 Å². The van der Waals surface area contributed by atoms with Crippen LogP contribution in [0.15, 0.2) is 18.2 Å². The Morgan fingerprint density at radius 1 is 1.44 bits per heavy atom. The van der Waals surface area contributed by atoms with Crippen molar-refractivity contribution in [1.29, 1.82) is 0 Å². The predicted molar refractivity (Wildman–Crippen MR) is 67.2 cm³/mol. The summed E-state index contributed by atoms with van der Waals surface area (Å²) in [5, 5.41) is 10.7. The third-order valence-electron chi connectivity index (χ3n) is 3.58. The summed E-state index contributed by atoms with van der Waals surface area (Å²) in [4.78, 5) is 14.9. The predicted octanol–water partition coefficient (Wildman–Crippen LogP) is 1.11. The van der Waals surface area contributed by atoms with Gasteiger partial charge in [-0.25, -0.2) is 0 Å². The van der Waals surface area contributed by atoms with Crippen molar-refractivity contribution in [2.24, 2.45) is 0 Å². The van der Waals surface area contributed by atoms with Gasteiger partial charge in [0.15, 0.2) is 0 Å². The highest BCUT2D eigenvalue weighted by Crippen LogP contribution is 2.37. The van der Waals surface area contributed by atoms with Crippen LogP contribution in [0.5, 0.6) is 5.75 Å². The Morgan fingerprint density at radius 2 is 2.28 bits per heavy atom. The summed E-state index contributed by atoms with van der Waals surface area (Å²) >= 11 is 0. The number of rotatable bonds is 1. The number of piperazine rings is 1. The Morgan fingerprint density at radius 3 is 3.06 bits per heavy atom. The van der Waals surface area contributed by atoms with E-state index in [0.717, 1.165) is 25.3 Å². The van der Waals surface area contributed by atoms with Gasteiger partial charge in [-0.3, -0.25) is 10.1 Å². The van der Waals surface area contributed by atoms with Gasteiger partial charge in [-0.1, -0.05) is 0 Å². The maximum Gasteiger partial charge on any atom is 0.273 e. The lowest BCUT2D eigenvalue weighted by Gasteiger charge is -2.44. The van der Waals surface area contributed by atoms with Crippen LogP contribution in [0.25, 0.3) is 0 Å². The molecule has 0 N–H and O–H groups in total. The van der Waals surface area contributed by atoms with E-state index in [0.29, 0.717) is 18.4 Å². The van der Waals surface area contributed by atoms with Gasteiger partial charge in [-0.2, -0.15) is 0 Å². The molecule has 96 valence electrons. The van der Waals surface area contributed by atoms with Crippen molar-refractivity contribution >= 4 is 11.4 Å². The van der Waals surface area contributed by atoms with Crippen molar-refractivity contribution in [2.45, 2.75) is 6.04 Å². The van der Waals surface area contributed by atoms with Crippen molar-refractivity contribution < 1.29 is 9.66 Å². The number of non-ortho nitro benzene ring substituents is 1. The molecule has 2 heterocycles. The van der Waals surface area contributed by atoms with Crippen LogP contribution >= 0.6 is 0 Å². The molecule has 0 radical (unpaired) electrons. The fourth-order valence-electron chi connectivity index (χ4n) is 2.63. The van der Waals surface area contributed by atoms with E-state index < -0.39 is 0 Å². The van der Waals surface area contributed by atoms with Gasteiger partial charge in [0.05, 0.1) is 22.7 Å². The van der Waals surface area contributed by atoms with E-state index in [2.05, 4.69) is 16.8 Å². The maximum absolute atomic E-state index is 10.7. The zero-order valence-electron chi connectivity index (χ0n) is 10.2. The van der Waals surface area contributed by atoms with Gasteiger partial charge in [0.25, 0.3) is 5.69 Å². The average molecular weight is 249 g/mol. The highest BCUT2D eigenvalue weighted by atomic mass is 16.6. The monoisotopic (exact) mass is 249 g/mol. The SMILES string of the molecule is CN1CCN2c3ccc([N+](=O)[O-])cc3OC[C@H]2C1. The Hall–Kier alpha value is -1.82. The highest BCUT2D eigenvalue weighted by Gasteiger charge is 2.32. The third-order valence-corrected chi connectivity index (χ3v) is 3.58. The van der Waals surface area contributed by atoms with Crippen LogP contribution in [0.1, 0.15) is 0 Å². The van der Waals surface area contributed by atoms with E-state index in [1.165, 1.54) is 6.07 Å². The maximum atomic E-state index is 10.7. The van der Waals surface area contributed by atoms with Crippen LogP contribution in [0.2, 0.25) is 0 Å². The lowest BCUT2D eigenvalue weighted by Crippen LogP contribution is -2.56. The number of hydrogen-bond acceptors (Lipinski definition) is 5. The van der Waals surface area contributed by atoms with Crippen molar-refractivity contribution in [3.8, 4) is 5.75 Å². The number of nitro benzene ring substituents is 1. The van der Waals surface area contributed by atoms with Gasteiger partial charge >= 0.3 is 0 Å².